The Morgan fingerprint density at radius 1 is 1.04 bits per heavy atom. The molecule has 7 nitrogen and oxygen atoms in total. The van der Waals surface area contributed by atoms with E-state index in [0.29, 0.717) is 22.8 Å². The van der Waals surface area contributed by atoms with Crippen LogP contribution in [-0.2, 0) is 6.54 Å². The van der Waals surface area contributed by atoms with Gasteiger partial charge in [0.25, 0.3) is 5.91 Å². The van der Waals surface area contributed by atoms with Gasteiger partial charge in [0.1, 0.15) is 17.2 Å². The summed E-state index contributed by atoms with van der Waals surface area (Å²) in [5.41, 5.74) is 3.26. The quantitative estimate of drug-likeness (QED) is 0.681. The molecule has 0 bridgehead atoms. The molecule has 1 N–H and O–H groups in total. The molecule has 0 aliphatic heterocycles. The van der Waals surface area contributed by atoms with Crippen molar-refractivity contribution in [2.24, 2.45) is 0 Å². The van der Waals surface area contributed by atoms with E-state index in [-0.39, 0.29) is 12.5 Å². The highest BCUT2D eigenvalue weighted by atomic mass is 16.5. The molecule has 1 amide bonds. The van der Waals surface area contributed by atoms with Crippen LogP contribution < -0.4 is 19.5 Å². The van der Waals surface area contributed by atoms with Gasteiger partial charge in [-0.15, -0.1) is 0 Å². The van der Waals surface area contributed by atoms with Gasteiger partial charge in [0.15, 0.2) is 0 Å². The number of hydrogen-bond donors (Lipinski definition) is 1. The van der Waals surface area contributed by atoms with Crippen molar-refractivity contribution in [1.29, 1.82) is 0 Å². The van der Waals surface area contributed by atoms with Gasteiger partial charge >= 0.3 is 0 Å². The predicted molar refractivity (Wildman–Crippen MR) is 106 cm³/mol. The molecule has 0 aliphatic carbocycles. The van der Waals surface area contributed by atoms with E-state index in [1.54, 1.807) is 56.5 Å². The summed E-state index contributed by atoms with van der Waals surface area (Å²) in [5.74, 6) is 1.60. The van der Waals surface area contributed by atoms with Crippen molar-refractivity contribution in [1.82, 2.24) is 15.1 Å². The number of nitrogens with one attached hydrogen (secondary N) is 1. The normalized spacial score (nSPS) is 10.4. The molecule has 3 aromatic rings. The van der Waals surface area contributed by atoms with E-state index in [1.807, 2.05) is 25.3 Å². The van der Waals surface area contributed by atoms with Crippen LogP contribution in [0.3, 0.4) is 0 Å². The smallest absolute Gasteiger partial charge is 0.251 e. The van der Waals surface area contributed by atoms with Gasteiger partial charge in [-0.3, -0.25) is 4.79 Å². The molecule has 0 spiro atoms. The van der Waals surface area contributed by atoms with E-state index in [1.165, 1.54) is 0 Å². The Hall–Kier alpha value is -3.48. The number of amides is 1. The predicted octanol–water partition coefficient (Wildman–Crippen LogP) is 3.14. The van der Waals surface area contributed by atoms with Crippen molar-refractivity contribution in [3.8, 4) is 22.9 Å². The minimum Gasteiger partial charge on any atom is -0.496 e. The Bertz CT molecular complexity index is 939. The first-order valence-corrected chi connectivity index (χ1v) is 8.74. The molecule has 0 unspecified atom stereocenters. The third-order valence-electron chi connectivity index (χ3n) is 4.35. The maximum Gasteiger partial charge on any atom is 0.251 e. The van der Waals surface area contributed by atoms with Crippen LogP contribution in [0.15, 0.2) is 48.8 Å². The molecule has 1 heterocycles. The fourth-order valence-corrected chi connectivity index (χ4v) is 2.84. The van der Waals surface area contributed by atoms with E-state index in [0.717, 1.165) is 16.8 Å². The van der Waals surface area contributed by atoms with Crippen molar-refractivity contribution in [3.05, 3.63) is 65.5 Å². The number of rotatable bonds is 7. The van der Waals surface area contributed by atoms with Gasteiger partial charge in [-0.05, 0) is 36.8 Å². The highest BCUT2D eigenvalue weighted by Crippen LogP contribution is 2.33. The Morgan fingerprint density at radius 3 is 2.18 bits per heavy atom. The first-order chi connectivity index (χ1) is 13.5. The molecule has 1 aromatic heterocycles. The SMILES string of the molecule is COc1cc(OC)c(CNC(=O)c2ccc(-n3cc(C)cn3)cc2)c(OC)c1. The minimum absolute atomic E-state index is 0.192. The minimum atomic E-state index is -0.192. The van der Waals surface area contributed by atoms with E-state index < -0.39 is 0 Å². The molecule has 3 rings (SSSR count). The summed E-state index contributed by atoms with van der Waals surface area (Å²) in [6.07, 6.45) is 3.72. The number of aryl methyl sites for hydroxylation is 1. The first-order valence-electron chi connectivity index (χ1n) is 8.74. The number of nitrogens with zero attached hydrogens (tertiary/aromatic N) is 2. The first kappa shape index (κ1) is 19.3. The summed E-state index contributed by atoms with van der Waals surface area (Å²) < 4.78 is 17.8. The summed E-state index contributed by atoms with van der Waals surface area (Å²) in [6, 6.07) is 10.8. The molecule has 0 radical (unpaired) electrons. The molecular weight excluding hydrogens is 358 g/mol. The topological polar surface area (TPSA) is 74.6 Å². The molecule has 0 atom stereocenters. The number of carbonyl (C=O) groups is 1. The summed E-state index contributed by atoms with van der Waals surface area (Å²) in [6.45, 7) is 2.24. The lowest BCUT2D eigenvalue weighted by Crippen LogP contribution is -2.23. The van der Waals surface area contributed by atoms with Crippen LogP contribution in [0, 0.1) is 6.92 Å². The Balaban J connectivity index is 1.73. The van der Waals surface area contributed by atoms with Crippen molar-refractivity contribution in [3.63, 3.8) is 0 Å². The zero-order chi connectivity index (χ0) is 20.1. The fourth-order valence-electron chi connectivity index (χ4n) is 2.84. The number of benzene rings is 2. The lowest BCUT2D eigenvalue weighted by molar-refractivity contribution is 0.0950. The van der Waals surface area contributed by atoms with Crippen molar-refractivity contribution in [2.45, 2.75) is 13.5 Å². The van der Waals surface area contributed by atoms with Crippen molar-refractivity contribution < 1.29 is 19.0 Å². The Labute approximate surface area is 163 Å². The molecule has 0 saturated carbocycles. The summed E-state index contributed by atoms with van der Waals surface area (Å²) in [5, 5.41) is 7.17. The van der Waals surface area contributed by atoms with Crippen LogP contribution in [0.25, 0.3) is 5.69 Å². The van der Waals surface area contributed by atoms with Gasteiger partial charge in [0.2, 0.25) is 0 Å². The maximum absolute atomic E-state index is 12.6. The van der Waals surface area contributed by atoms with Crippen LogP contribution in [0.4, 0.5) is 0 Å². The standard InChI is InChI=1S/C21H23N3O4/c1-14-11-23-24(13-14)16-7-5-15(6-8-16)21(25)22-12-18-19(27-3)9-17(26-2)10-20(18)28-4/h5-11,13H,12H2,1-4H3,(H,22,25). The van der Waals surface area contributed by atoms with Crippen molar-refractivity contribution >= 4 is 5.91 Å². The highest BCUT2D eigenvalue weighted by molar-refractivity contribution is 5.94. The molecule has 7 heteroatoms. The van der Waals surface area contributed by atoms with Crippen LogP contribution in [0.1, 0.15) is 21.5 Å². The van der Waals surface area contributed by atoms with Gasteiger partial charge in [0.05, 0.1) is 45.3 Å². The number of aromatic nitrogens is 2. The second-order valence-electron chi connectivity index (χ2n) is 6.20. The summed E-state index contributed by atoms with van der Waals surface area (Å²) in [4.78, 5) is 12.6. The second-order valence-corrected chi connectivity index (χ2v) is 6.20. The average molecular weight is 381 g/mol. The van der Waals surface area contributed by atoms with E-state index in [4.69, 9.17) is 14.2 Å². The third-order valence-corrected chi connectivity index (χ3v) is 4.35. The monoisotopic (exact) mass is 381 g/mol. The Kier molecular flexibility index (Phi) is 5.84. The van der Waals surface area contributed by atoms with Gasteiger partial charge < -0.3 is 19.5 Å². The van der Waals surface area contributed by atoms with Gasteiger partial charge in [0, 0.05) is 23.9 Å². The lowest BCUT2D eigenvalue weighted by Gasteiger charge is -2.15. The molecule has 146 valence electrons. The summed E-state index contributed by atoms with van der Waals surface area (Å²) in [7, 11) is 4.70. The van der Waals surface area contributed by atoms with E-state index >= 15 is 0 Å². The van der Waals surface area contributed by atoms with E-state index in [2.05, 4.69) is 10.4 Å². The molecule has 0 saturated heterocycles. The van der Waals surface area contributed by atoms with Crippen molar-refractivity contribution in [2.75, 3.05) is 21.3 Å². The molecule has 0 aliphatic rings. The zero-order valence-corrected chi connectivity index (χ0v) is 16.4. The number of methoxy groups -OCH3 is 3. The average Bonchev–Trinajstić information content (AvgIpc) is 3.17. The lowest BCUT2D eigenvalue weighted by atomic mass is 10.1. The molecular formula is C21H23N3O4. The third kappa shape index (κ3) is 4.09. The van der Waals surface area contributed by atoms with Crippen LogP contribution in [0.5, 0.6) is 17.2 Å². The number of hydrogen-bond acceptors (Lipinski definition) is 5. The Morgan fingerprint density at radius 2 is 1.68 bits per heavy atom. The van der Waals surface area contributed by atoms with Crippen LogP contribution >= 0.6 is 0 Å². The largest absolute Gasteiger partial charge is 0.496 e. The second kappa shape index (κ2) is 8.47. The molecule has 2 aromatic carbocycles. The van der Waals surface area contributed by atoms with E-state index in [9.17, 15) is 4.79 Å². The van der Waals surface area contributed by atoms with Gasteiger partial charge in [-0.2, -0.15) is 5.10 Å². The summed E-state index contributed by atoms with van der Waals surface area (Å²) >= 11 is 0. The van der Waals surface area contributed by atoms with Crippen LogP contribution in [-0.4, -0.2) is 37.0 Å². The van der Waals surface area contributed by atoms with Gasteiger partial charge in [-0.25, -0.2) is 4.68 Å². The van der Waals surface area contributed by atoms with Crippen LogP contribution in [0.2, 0.25) is 0 Å². The molecule has 28 heavy (non-hydrogen) atoms. The maximum atomic E-state index is 12.6. The number of carbonyl (C=O) groups excluding carboxylic acids is 1. The highest BCUT2D eigenvalue weighted by Gasteiger charge is 2.15. The fraction of sp³-hybridized carbons (Fsp3) is 0.238. The zero-order valence-electron chi connectivity index (χ0n) is 16.4. The van der Waals surface area contributed by atoms with Gasteiger partial charge in [-0.1, -0.05) is 0 Å². The number of ether oxygens (including phenoxy) is 3. The molecule has 0 fully saturated rings.